The zero-order valence-electron chi connectivity index (χ0n) is 17.5. The fourth-order valence-corrected chi connectivity index (χ4v) is 6.98. The molecular weight excluding hydrogens is 423 g/mol. The van der Waals surface area contributed by atoms with Crippen molar-refractivity contribution in [3.8, 4) is 6.07 Å². The van der Waals surface area contributed by atoms with E-state index in [1.54, 1.807) is 4.90 Å². The number of nitriles is 1. The molecule has 0 aromatic carbocycles. The first kappa shape index (κ1) is 22.6. The van der Waals surface area contributed by atoms with E-state index in [9.17, 15) is 10.1 Å². The molecule has 30 heavy (non-hydrogen) atoms. The van der Waals surface area contributed by atoms with Crippen molar-refractivity contribution in [3.05, 3.63) is 0 Å². The Morgan fingerprint density at radius 1 is 1.10 bits per heavy atom. The lowest BCUT2D eigenvalue weighted by Crippen LogP contribution is -2.69. The molecule has 7 nitrogen and oxygen atoms in total. The fraction of sp³-hybridized carbons (Fsp3) is 0.905. The van der Waals surface area contributed by atoms with Crippen LogP contribution in [0.15, 0.2) is 0 Å². The van der Waals surface area contributed by atoms with E-state index in [0.717, 1.165) is 38.9 Å². The van der Waals surface area contributed by atoms with E-state index in [0.29, 0.717) is 42.3 Å². The summed E-state index contributed by atoms with van der Waals surface area (Å²) in [6, 6.07) is 2.26. The van der Waals surface area contributed by atoms with Gasteiger partial charge in [-0.1, -0.05) is 0 Å². The highest BCUT2D eigenvalue weighted by Crippen LogP contribution is 2.45. The van der Waals surface area contributed by atoms with Gasteiger partial charge in [0, 0.05) is 49.0 Å². The minimum atomic E-state index is -0.441. The smallest absolute Gasteiger partial charge is 0.237 e. The van der Waals surface area contributed by atoms with Gasteiger partial charge in [0.25, 0.3) is 0 Å². The molecule has 4 fully saturated rings. The van der Waals surface area contributed by atoms with E-state index in [4.69, 9.17) is 28.9 Å². The molecular formula is C21H34Cl2N6O. The quantitative estimate of drug-likeness (QED) is 0.552. The second kappa shape index (κ2) is 9.89. The number of nitrogens with zero attached hydrogens (tertiary/aromatic N) is 3. The zero-order chi connectivity index (χ0) is 21.3. The Balaban J connectivity index is 1.45. The van der Waals surface area contributed by atoms with Crippen LogP contribution in [0.2, 0.25) is 0 Å². The van der Waals surface area contributed by atoms with Crippen LogP contribution in [0.25, 0.3) is 0 Å². The van der Waals surface area contributed by atoms with Crippen molar-refractivity contribution in [2.24, 2.45) is 23.5 Å². The maximum Gasteiger partial charge on any atom is 0.237 e. The van der Waals surface area contributed by atoms with E-state index in [1.807, 2.05) is 0 Å². The highest BCUT2D eigenvalue weighted by atomic mass is 35.5. The number of alkyl halides is 2. The third-order valence-corrected chi connectivity index (χ3v) is 8.78. The van der Waals surface area contributed by atoms with Crippen molar-refractivity contribution in [3.63, 3.8) is 0 Å². The lowest BCUT2D eigenvalue weighted by Gasteiger charge is -2.53. The van der Waals surface area contributed by atoms with Crippen LogP contribution in [0.3, 0.4) is 0 Å². The molecule has 2 saturated heterocycles. The van der Waals surface area contributed by atoms with Crippen LogP contribution in [-0.4, -0.2) is 77.6 Å². The first-order valence-electron chi connectivity index (χ1n) is 11.4. The van der Waals surface area contributed by atoms with Crippen LogP contribution in [-0.2, 0) is 4.79 Å². The first-order chi connectivity index (χ1) is 14.5. The number of nitrogens with one attached hydrogen (secondary N) is 2. The molecule has 2 aliphatic carbocycles. The van der Waals surface area contributed by atoms with Gasteiger partial charge in [0.15, 0.2) is 0 Å². The predicted molar refractivity (Wildman–Crippen MR) is 118 cm³/mol. The number of hydrogen-bond donors (Lipinski definition) is 3. The van der Waals surface area contributed by atoms with Crippen LogP contribution in [0, 0.1) is 29.1 Å². The van der Waals surface area contributed by atoms with Gasteiger partial charge in [0.2, 0.25) is 5.91 Å². The number of hydrogen-bond acceptors (Lipinski definition) is 6. The summed E-state index contributed by atoms with van der Waals surface area (Å²) in [4.78, 5) is 16.1. The van der Waals surface area contributed by atoms with Crippen molar-refractivity contribution in [2.75, 3.05) is 32.8 Å². The summed E-state index contributed by atoms with van der Waals surface area (Å²) in [5, 5.41) is 17.5. The summed E-state index contributed by atoms with van der Waals surface area (Å²) in [7, 11) is 0. The molecule has 4 N–H and O–H groups in total. The lowest BCUT2D eigenvalue weighted by molar-refractivity contribution is -0.134. The Labute approximate surface area is 189 Å². The van der Waals surface area contributed by atoms with E-state index >= 15 is 0 Å². The molecule has 0 aromatic rings. The number of piperazine rings is 1. The van der Waals surface area contributed by atoms with Crippen molar-refractivity contribution >= 4 is 29.1 Å². The Kier molecular flexibility index (Phi) is 7.44. The van der Waals surface area contributed by atoms with E-state index in [1.165, 1.54) is 12.8 Å². The summed E-state index contributed by atoms with van der Waals surface area (Å²) in [5.74, 6) is 1.49. The van der Waals surface area contributed by atoms with Crippen molar-refractivity contribution in [1.82, 2.24) is 20.4 Å². The molecule has 2 saturated carbocycles. The second-order valence-electron chi connectivity index (χ2n) is 9.39. The molecule has 9 heteroatoms. The molecule has 6 atom stereocenters. The minimum absolute atomic E-state index is 0.0438. The molecule has 4 rings (SSSR count). The zero-order valence-corrected chi connectivity index (χ0v) is 19.0. The van der Waals surface area contributed by atoms with Crippen LogP contribution < -0.4 is 16.4 Å². The molecule has 1 amide bonds. The lowest BCUT2D eigenvalue weighted by atomic mass is 9.67. The van der Waals surface area contributed by atoms with Gasteiger partial charge in [-0.25, -0.2) is 0 Å². The largest absolute Gasteiger partial charge is 0.323 e. The van der Waals surface area contributed by atoms with Gasteiger partial charge in [-0.05, 0) is 50.4 Å². The second-order valence-corrected chi connectivity index (χ2v) is 10.6. The van der Waals surface area contributed by atoms with Crippen molar-refractivity contribution < 1.29 is 4.79 Å². The van der Waals surface area contributed by atoms with Crippen molar-refractivity contribution in [1.29, 1.82) is 5.26 Å². The van der Waals surface area contributed by atoms with Gasteiger partial charge in [0.05, 0.1) is 18.8 Å². The Morgan fingerprint density at radius 3 is 2.57 bits per heavy atom. The van der Waals surface area contributed by atoms with Gasteiger partial charge in [-0.2, -0.15) is 5.26 Å². The summed E-state index contributed by atoms with van der Waals surface area (Å²) in [6.45, 7) is 2.58. The van der Waals surface area contributed by atoms with E-state index < -0.39 is 6.04 Å². The Morgan fingerprint density at radius 2 is 1.87 bits per heavy atom. The van der Waals surface area contributed by atoms with Crippen LogP contribution in [0.5, 0.6) is 0 Å². The van der Waals surface area contributed by atoms with Crippen LogP contribution in [0.1, 0.15) is 38.5 Å². The van der Waals surface area contributed by atoms with Gasteiger partial charge in [0.1, 0.15) is 6.04 Å². The van der Waals surface area contributed by atoms with Gasteiger partial charge in [-0.15, -0.1) is 23.2 Å². The van der Waals surface area contributed by atoms with Gasteiger partial charge < -0.3 is 16.0 Å². The topological polar surface area (TPSA) is 97.4 Å². The number of amides is 1. The van der Waals surface area contributed by atoms with Gasteiger partial charge in [-0.3, -0.25) is 15.0 Å². The van der Waals surface area contributed by atoms with E-state index in [-0.39, 0.29) is 24.0 Å². The molecule has 2 heterocycles. The summed E-state index contributed by atoms with van der Waals surface area (Å²) in [6.07, 6.45) is 6.85. The Bertz CT molecular complexity index is 652. The third kappa shape index (κ3) is 4.60. The molecule has 0 radical (unpaired) electrons. The first-order valence-corrected chi connectivity index (χ1v) is 12.3. The maximum atomic E-state index is 12.1. The molecule has 4 aliphatic rings. The Hall–Kier alpha value is -0.620. The van der Waals surface area contributed by atoms with Crippen molar-refractivity contribution in [2.45, 2.75) is 67.5 Å². The molecule has 0 bridgehead atoms. The highest BCUT2D eigenvalue weighted by Gasteiger charge is 2.47. The van der Waals surface area contributed by atoms with Gasteiger partial charge >= 0.3 is 0 Å². The summed E-state index contributed by atoms with van der Waals surface area (Å²) in [5.41, 5.74) is 5.54. The van der Waals surface area contributed by atoms with E-state index in [2.05, 4.69) is 21.6 Å². The number of rotatable bonds is 3. The average molecular weight is 457 g/mol. The standard InChI is InChI=1S/C21H34Cl2N6O/c22-14-3-1-13(2-4-14)16-7-17-19(8-18(16)23)26-12-27-21(17)28-5-6-29(20(30)10-25)15(9-24)11-28/h13-19,21,26-27H,1-8,10-12,25H2. The molecule has 2 aliphatic heterocycles. The third-order valence-electron chi connectivity index (χ3n) is 7.84. The SMILES string of the molecule is N#CC1CN(C2NCNC3CC(Cl)C(C4CCC(Cl)CC4)CC32)CCN1C(=O)CN. The molecule has 0 spiro atoms. The number of nitrogens with two attached hydrogens (primary N) is 1. The number of halogens is 2. The van der Waals surface area contributed by atoms with Crippen LogP contribution in [0.4, 0.5) is 0 Å². The average Bonchev–Trinajstić information content (AvgIpc) is 2.78. The fourth-order valence-electron chi connectivity index (χ4n) is 6.23. The number of fused-ring (bicyclic) bond motifs is 1. The maximum absolute atomic E-state index is 12.1. The molecule has 6 unspecified atom stereocenters. The monoisotopic (exact) mass is 456 g/mol. The summed E-state index contributed by atoms with van der Waals surface area (Å²) >= 11 is 13.3. The number of carbonyl (C=O) groups excluding carboxylic acids is 1. The minimum Gasteiger partial charge on any atom is -0.323 e. The molecule has 168 valence electrons. The predicted octanol–water partition coefficient (Wildman–Crippen LogP) is 1.26. The normalized spacial score (nSPS) is 42.9. The number of carbonyl (C=O) groups is 1. The summed E-state index contributed by atoms with van der Waals surface area (Å²) < 4.78 is 0. The van der Waals surface area contributed by atoms with Crippen LogP contribution >= 0.6 is 23.2 Å². The molecule has 0 aromatic heterocycles. The highest BCUT2D eigenvalue weighted by molar-refractivity contribution is 6.21.